The van der Waals surface area contributed by atoms with Gasteiger partial charge in [0.2, 0.25) is 0 Å². The second-order valence-electron chi connectivity index (χ2n) is 6.48. The quantitative estimate of drug-likeness (QED) is 0.677. The molecule has 4 bridgehead atoms. The molecule has 2 nitrogen and oxygen atoms in total. The molecule has 2 atom stereocenters. The van der Waals surface area contributed by atoms with E-state index in [9.17, 15) is 0 Å². The molecule has 0 aromatic heterocycles. The van der Waals surface area contributed by atoms with Crippen molar-refractivity contribution >= 4 is 0 Å². The molecular formula is C14H26N2. The molecule has 3 N–H and O–H groups in total. The van der Waals surface area contributed by atoms with Crippen molar-refractivity contribution in [1.29, 1.82) is 0 Å². The predicted molar refractivity (Wildman–Crippen MR) is 67.2 cm³/mol. The van der Waals surface area contributed by atoms with Crippen LogP contribution in [0.1, 0.15) is 51.4 Å². The Morgan fingerprint density at radius 3 is 2.44 bits per heavy atom. The zero-order chi connectivity index (χ0) is 11.0. The van der Waals surface area contributed by atoms with E-state index in [0.717, 1.165) is 24.3 Å². The summed E-state index contributed by atoms with van der Waals surface area (Å²) in [6.07, 6.45) is 11.4. The summed E-state index contributed by atoms with van der Waals surface area (Å²) in [5.41, 5.74) is 6.11. The molecule has 4 aliphatic rings. The average Bonchev–Trinajstić information content (AvgIpc) is 2.64. The van der Waals surface area contributed by atoms with Crippen molar-refractivity contribution in [1.82, 2.24) is 5.32 Å². The molecule has 4 saturated carbocycles. The first-order chi connectivity index (χ1) is 7.82. The highest BCUT2D eigenvalue weighted by atomic mass is 15.0. The molecule has 0 radical (unpaired) electrons. The van der Waals surface area contributed by atoms with Gasteiger partial charge in [-0.25, -0.2) is 0 Å². The summed E-state index contributed by atoms with van der Waals surface area (Å²) in [5.74, 6) is 3.19. The van der Waals surface area contributed by atoms with Gasteiger partial charge in [-0.2, -0.15) is 0 Å². The Bertz CT molecular complexity index is 237. The van der Waals surface area contributed by atoms with Gasteiger partial charge in [-0.3, -0.25) is 0 Å². The maximum atomic E-state index is 5.52. The van der Waals surface area contributed by atoms with Crippen LogP contribution in [0, 0.1) is 17.8 Å². The van der Waals surface area contributed by atoms with Gasteiger partial charge in [-0.15, -0.1) is 0 Å². The topological polar surface area (TPSA) is 38.0 Å². The summed E-state index contributed by atoms with van der Waals surface area (Å²) >= 11 is 0. The molecule has 0 amide bonds. The lowest BCUT2D eigenvalue weighted by molar-refractivity contribution is 0.234. The number of rotatable bonds is 6. The van der Waals surface area contributed by atoms with Crippen LogP contribution in [0.3, 0.4) is 0 Å². The van der Waals surface area contributed by atoms with E-state index in [1.54, 1.807) is 6.42 Å². The van der Waals surface area contributed by atoms with Gasteiger partial charge in [-0.1, -0.05) is 6.42 Å². The first-order valence-electron chi connectivity index (χ1n) is 7.27. The second kappa shape index (κ2) is 4.30. The lowest BCUT2D eigenvalue weighted by Gasteiger charge is -2.34. The third kappa shape index (κ3) is 1.80. The normalized spacial score (nSPS) is 44.4. The molecule has 0 aliphatic heterocycles. The maximum Gasteiger partial charge on any atom is 0.0215 e. The van der Waals surface area contributed by atoms with Crippen LogP contribution >= 0.6 is 0 Å². The molecule has 4 fully saturated rings. The van der Waals surface area contributed by atoms with E-state index >= 15 is 0 Å². The smallest absolute Gasteiger partial charge is 0.0215 e. The van der Waals surface area contributed by atoms with Gasteiger partial charge < -0.3 is 11.1 Å². The minimum atomic E-state index is 0.594. The highest BCUT2D eigenvalue weighted by molar-refractivity contribution is 5.12. The van der Waals surface area contributed by atoms with E-state index in [1.165, 1.54) is 51.5 Å². The van der Waals surface area contributed by atoms with Gasteiger partial charge in [0.05, 0.1) is 0 Å². The second-order valence-corrected chi connectivity index (χ2v) is 6.48. The Balaban J connectivity index is 1.48. The van der Waals surface area contributed by atoms with Crippen molar-refractivity contribution in [2.24, 2.45) is 23.5 Å². The third-order valence-corrected chi connectivity index (χ3v) is 5.35. The monoisotopic (exact) mass is 222 g/mol. The molecule has 2 heteroatoms. The van der Waals surface area contributed by atoms with Gasteiger partial charge >= 0.3 is 0 Å². The first-order valence-corrected chi connectivity index (χ1v) is 7.27. The molecule has 0 saturated heterocycles. The summed E-state index contributed by atoms with van der Waals surface area (Å²) in [4.78, 5) is 0. The maximum absolute atomic E-state index is 5.52. The Morgan fingerprint density at radius 2 is 1.75 bits per heavy atom. The molecule has 0 aromatic carbocycles. The fourth-order valence-corrected chi connectivity index (χ4v) is 4.87. The summed E-state index contributed by atoms with van der Waals surface area (Å²) in [6, 6.07) is 0. The zero-order valence-electron chi connectivity index (χ0n) is 10.4. The molecule has 0 heterocycles. The van der Waals surface area contributed by atoms with E-state index in [2.05, 4.69) is 5.32 Å². The van der Waals surface area contributed by atoms with Gasteiger partial charge in [0.15, 0.2) is 0 Å². The van der Waals surface area contributed by atoms with Crippen LogP contribution in [-0.4, -0.2) is 18.6 Å². The minimum absolute atomic E-state index is 0.594. The summed E-state index contributed by atoms with van der Waals surface area (Å²) in [6.45, 7) is 2.09. The Labute approximate surface area is 99.4 Å². The van der Waals surface area contributed by atoms with E-state index in [0.29, 0.717) is 5.54 Å². The number of nitrogens with two attached hydrogens (primary N) is 1. The largest absolute Gasteiger partial charge is 0.330 e. The lowest BCUT2D eigenvalue weighted by Crippen LogP contribution is -2.46. The van der Waals surface area contributed by atoms with Crippen LogP contribution in [0.15, 0.2) is 0 Å². The van der Waals surface area contributed by atoms with Gasteiger partial charge in [0, 0.05) is 5.54 Å². The molecule has 16 heavy (non-hydrogen) atoms. The van der Waals surface area contributed by atoms with Crippen LogP contribution in [0.2, 0.25) is 0 Å². The van der Waals surface area contributed by atoms with E-state index < -0.39 is 0 Å². The van der Waals surface area contributed by atoms with Crippen LogP contribution in [0.4, 0.5) is 0 Å². The van der Waals surface area contributed by atoms with Crippen molar-refractivity contribution in [3.8, 4) is 0 Å². The molecule has 0 aromatic rings. The van der Waals surface area contributed by atoms with Crippen LogP contribution < -0.4 is 11.1 Å². The van der Waals surface area contributed by atoms with Crippen LogP contribution in [0.5, 0.6) is 0 Å². The molecule has 92 valence electrons. The van der Waals surface area contributed by atoms with E-state index in [-0.39, 0.29) is 0 Å². The first kappa shape index (κ1) is 11.0. The van der Waals surface area contributed by atoms with Crippen molar-refractivity contribution in [2.75, 3.05) is 13.1 Å². The van der Waals surface area contributed by atoms with Gasteiger partial charge in [0.1, 0.15) is 0 Å². The van der Waals surface area contributed by atoms with E-state index in [4.69, 9.17) is 5.73 Å². The average molecular weight is 222 g/mol. The lowest BCUT2D eigenvalue weighted by atomic mass is 9.80. The van der Waals surface area contributed by atoms with Crippen molar-refractivity contribution in [2.45, 2.75) is 56.9 Å². The SMILES string of the molecule is NCCCCCNC12CC3CC(CC1C3)C2. The fourth-order valence-electron chi connectivity index (χ4n) is 4.87. The standard InChI is InChI=1S/C14H26N2/c15-4-2-1-3-5-16-14-9-11-6-12(10-14)8-13(14)7-11/h11-13,16H,1-10,15H2. The molecule has 2 unspecified atom stereocenters. The van der Waals surface area contributed by atoms with Crippen molar-refractivity contribution in [3.05, 3.63) is 0 Å². The van der Waals surface area contributed by atoms with Crippen molar-refractivity contribution < 1.29 is 0 Å². The molecule has 4 aliphatic carbocycles. The van der Waals surface area contributed by atoms with Crippen LogP contribution in [0.25, 0.3) is 0 Å². The Hall–Kier alpha value is -0.0800. The predicted octanol–water partition coefficient (Wildman–Crippen LogP) is 2.28. The molecular weight excluding hydrogens is 196 g/mol. The fraction of sp³-hybridized carbons (Fsp3) is 1.00. The number of hydrogen-bond acceptors (Lipinski definition) is 2. The van der Waals surface area contributed by atoms with Crippen molar-refractivity contribution in [3.63, 3.8) is 0 Å². The number of unbranched alkanes of at least 4 members (excludes halogenated alkanes) is 2. The van der Waals surface area contributed by atoms with Gasteiger partial charge in [-0.05, 0) is 75.8 Å². The summed E-state index contributed by atoms with van der Waals surface area (Å²) in [7, 11) is 0. The van der Waals surface area contributed by atoms with E-state index in [1.807, 2.05) is 0 Å². The third-order valence-electron chi connectivity index (χ3n) is 5.35. The van der Waals surface area contributed by atoms with Crippen LogP contribution in [-0.2, 0) is 0 Å². The highest BCUT2D eigenvalue weighted by Gasteiger charge is 2.57. The molecule has 0 spiro atoms. The summed E-state index contributed by atoms with van der Waals surface area (Å²) < 4.78 is 0. The Kier molecular flexibility index (Phi) is 2.97. The number of hydrogen-bond donors (Lipinski definition) is 2. The molecule has 4 rings (SSSR count). The number of nitrogens with one attached hydrogen (secondary N) is 1. The minimum Gasteiger partial charge on any atom is -0.330 e. The highest BCUT2D eigenvalue weighted by Crippen LogP contribution is 2.60. The zero-order valence-corrected chi connectivity index (χ0v) is 10.4. The van der Waals surface area contributed by atoms with Gasteiger partial charge in [0.25, 0.3) is 0 Å². The Morgan fingerprint density at radius 1 is 1.00 bits per heavy atom. The summed E-state index contributed by atoms with van der Waals surface area (Å²) in [5, 5.41) is 3.94.